The molecule has 1 aliphatic carbocycles. The maximum atomic E-state index is 13.7. The van der Waals surface area contributed by atoms with Gasteiger partial charge in [0.2, 0.25) is 0 Å². The van der Waals surface area contributed by atoms with Crippen molar-refractivity contribution < 1.29 is 4.39 Å². The molecule has 0 amide bonds. The fourth-order valence-corrected chi connectivity index (χ4v) is 3.76. The van der Waals surface area contributed by atoms with Crippen LogP contribution in [0.1, 0.15) is 57.6 Å². The van der Waals surface area contributed by atoms with E-state index in [2.05, 4.69) is 19.2 Å². The standard InChI is InChI=1S/C17H25ClFN/c1-3-12-7-5-8-13(11-12)17(20-4-2)14-9-6-10-15(19)16(14)18/h6,9-10,12-13,17,20H,3-5,7-8,11H2,1-2H3. The van der Waals surface area contributed by atoms with Gasteiger partial charge in [-0.2, -0.15) is 0 Å². The van der Waals surface area contributed by atoms with E-state index in [0.717, 1.165) is 18.0 Å². The van der Waals surface area contributed by atoms with Crippen molar-refractivity contribution in [1.82, 2.24) is 5.32 Å². The highest BCUT2D eigenvalue weighted by Crippen LogP contribution is 2.40. The van der Waals surface area contributed by atoms with E-state index in [4.69, 9.17) is 11.6 Å². The normalized spacial score (nSPS) is 24.6. The summed E-state index contributed by atoms with van der Waals surface area (Å²) in [5.74, 6) is 1.06. The Morgan fingerprint density at radius 3 is 2.85 bits per heavy atom. The zero-order valence-electron chi connectivity index (χ0n) is 12.5. The molecule has 3 heteroatoms. The molecule has 0 radical (unpaired) electrons. The van der Waals surface area contributed by atoms with Crippen molar-refractivity contribution in [1.29, 1.82) is 0 Å². The third-order valence-corrected chi connectivity index (χ3v) is 5.01. The Morgan fingerprint density at radius 2 is 2.15 bits per heavy atom. The smallest absolute Gasteiger partial charge is 0.142 e. The van der Waals surface area contributed by atoms with Crippen LogP contribution in [0.25, 0.3) is 0 Å². The lowest BCUT2D eigenvalue weighted by molar-refractivity contribution is 0.210. The van der Waals surface area contributed by atoms with Gasteiger partial charge in [0.1, 0.15) is 5.82 Å². The molecule has 1 saturated carbocycles. The first kappa shape index (κ1) is 15.8. The molecule has 0 spiro atoms. The van der Waals surface area contributed by atoms with Gasteiger partial charge in [0.25, 0.3) is 0 Å². The number of hydrogen-bond acceptors (Lipinski definition) is 1. The average Bonchev–Trinajstić information content (AvgIpc) is 2.48. The van der Waals surface area contributed by atoms with Gasteiger partial charge in [-0.3, -0.25) is 0 Å². The van der Waals surface area contributed by atoms with Crippen LogP contribution in [0.3, 0.4) is 0 Å². The summed E-state index contributed by atoms with van der Waals surface area (Å²) in [5.41, 5.74) is 0.926. The topological polar surface area (TPSA) is 12.0 Å². The highest BCUT2D eigenvalue weighted by atomic mass is 35.5. The summed E-state index contributed by atoms with van der Waals surface area (Å²) in [6.45, 7) is 5.25. The molecule has 1 nitrogen and oxygen atoms in total. The minimum absolute atomic E-state index is 0.178. The molecule has 1 aromatic rings. The van der Waals surface area contributed by atoms with Gasteiger partial charge in [-0.05, 0) is 42.9 Å². The van der Waals surface area contributed by atoms with Crippen molar-refractivity contribution in [3.05, 3.63) is 34.6 Å². The van der Waals surface area contributed by atoms with E-state index < -0.39 is 0 Å². The predicted molar refractivity (Wildman–Crippen MR) is 83.6 cm³/mol. The summed E-state index contributed by atoms with van der Waals surface area (Å²) >= 11 is 6.20. The van der Waals surface area contributed by atoms with E-state index in [-0.39, 0.29) is 16.9 Å². The molecular formula is C17H25ClFN. The van der Waals surface area contributed by atoms with E-state index in [9.17, 15) is 4.39 Å². The Labute approximate surface area is 126 Å². The summed E-state index contributed by atoms with van der Waals surface area (Å²) in [4.78, 5) is 0. The molecule has 1 N–H and O–H groups in total. The lowest BCUT2D eigenvalue weighted by atomic mass is 9.75. The fraction of sp³-hybridized carbons (Fsp3) is 0.647. The third kappa shape index (κ3) is 3.53. The van der Waals surface area contributed by atoms with E-state index in [1.165, 1.54) is 38.2 Å². The van der Waals surface area contributed by atoms with Gasteiger partial charge in [0, 0.05) is 6.04 Å². The number of nitrogens with one attached hydrogen (secondary N) is 1. The van der Waals surface area contributed by atoms with Gasteiger partial charge in [0.05, 0.1) is 5.02 Å². The number of rotatable bonds is 5. The first-order valence-electron chi connectivity index (χ1n) is 7.84. The van der Waals surface area contributed by atoms with Crippen molar-refractivity contribution in [2.45, 2.75) is 52.0 Å². The molecule has 0 heterocycles. The first-order chi connectivity index (χ1) is 9.67. The minimum atomic E-state index is -0.310. The van der Waals surface area contributed by atoms with Gasteiger partial charge in [-0.15, -0.1) is 0 Å². The van der Waals surface area contributed by atoms with E-state index in [1.54, 1.807) is 6.07 Å². The summed E-state index contributed by atoms with van der Waals surface area (Å²) in [5, 5.41) is 3.82. The number of benzene rings is 1. The Hall–Kier alpha value is -0.600. The second kappa shape index (κ2) is 7.42. The quantitative estimate of drug-likeness (QED) is 0.773. The molecule has 2 rings (SSSR count). The second-order valence-electron chi connectivity index (χ2n) is 5.88. The maximum absolute atomic E-state index is 13.7. The Kier molecular flexibility index (Phi) is 5.86. The molecule has 0 saturated heterocycles. The van der Waals surface area contributed by atoms with Crippen LogP contribution in [0, 0.1) is 17.7 Å². The first-order valence-corrected chi connectivity index (χ1v) is 8.22. The van der Waals surface area contributed by atoms with Crippen molar-refractivity contribution in [3.8, 4) is 0 Å². The van der Waals surface area contributed by atoms with Crippen molar-refractivity contribution in [2.75, 3.05) is 6.54 Å². The van der Waals surface area contributed by atoms with Gasteiger partial charge in [-0.25, -0.2) is 4.39 Å². The number of halogens is 2. The SMILES string of the molecule is CCNC(c1cccc(F)c1Cl)C1CCCC(CC)C1. The summed E-state index contributed by atoms with van der Waals surface area (Å²) in [6, 6.07) is 5.34. The second-order valence-corrected chi connectivity index (χ2v) is 6.26. The predicted octanol–water partition coefficient (Wildman–Crippen LogP) is 5.35. The van der Waals surface area contributed by atoms with Crippen LogP contribution in [-0.4, -0.2) is 6.54 Å². The zero-order chi connectivity index (χ0) is 14.5. The Balaban J connectivity index is 2.23. The van der Waals surface area contributed by atoms with Crippen LogP contribution in [0.15, 0.2) is 18.2 Å². The van der Waals surface area contributed by atoms with Crippen molar-refractivity contribution in [3.63, 3.8) is 0 Å². The van der Waals surface area contributed by atoms with Crippen LogP contribution < -0.4 is 5.32 Å². The van der Waals surface area contributed by atoms with Crippen LogP contribution in [0.5, 0.6) is 0 Å². The average molecular weight is 298 g/mol. The molecule has 0 aromatic heterocycles. The molecule has 20 heavy (non-hydrogen) atoms. The lowest BCUT2D eigenvalue weighted by Gasteiger charge is -2.35. The Morgan fingerprint density at radius 1 is 1.35 bits per heavy atom. The molecule has 0 bridgehead atoms. The third-order valence-electron chi connectivity index (χ3n) is 4.61. The molecule has 1 aromatic carbocycles. The maximum Gasteiger partial charge on any atom is 0.142 e. The van der Waals surface area contributed by atoms with Crippen LogP contribution >= 0.6 is 11.6 Å². The van der Waals surface area contributed by atoms with Gasteiger partial charge in [-0.1, -0.05) is 56.8 Å². The Bertz CT molecular complexity index is 435. The van der Waals surface area contributed by atoms with Gasteiger partial charge < -0.3 is 5.32 Å². The summed E-state index contributed by atoms with van der Waals surface area (Å²) < 4.78 is 13.7. The van der Waals surface area contributed by atoms with E-state index in [0.29, 0.717) is 5.92 Å². The molecule has 1 aliphatic rings. The van der Waals surface area contributed by atoms with Crippen molar-refractivity contribution >= 4 is 11.6 Å². The fourth-order valence-electron chi connectivity index (χ4n) is 3.52. The van der Waals surface area contributed by atoms with Gasteiger partial charge >= 0.3 is 0 Å². The molecule has 0 aliphatic heterocycles. The highest BCUT2D eigenvalue weighted by molar-refractivity contribution is 6.31. The monoisotopic (exact) mass is 297 g/mol. The lowest BCUT2D eigenvalue weighted by Crippen LogP contribution is -2.32. The summed E-state index contributed by atoms with van der Waals surface area (Å²) in [7, 11) is 0. The van der Waals surface area contributed by atoms with Crippen LogP contribution in [0.4, 0.5) is 4.39 Å². The van der Waals surface area contributed by atoms with Gasteiger partial charge in [0.15, 0.2) is 0 Å². The minimum Gasteiger partial charge on any atom is -0.310 e. The molecule has 112 valence electrons. The molecule has 1 fully saturated rings. The zero-order valence-corrected chi connectivity index (χ0v) is 13.2. The van der Waals surface area contributed by atoms with Crippen LogP contribution in [0.2, 0.25) is 5.02 Å². The number of hydrogen-bond donors (Lipinski definition) is 1. The largest absolute Gasteiger partial charge is 0.310 e. The summed E-state index contributed by atoms with van der Waals surface area (Å²) in [6.07, 6.45) is 6.29. The molecular weight excluding hydrogens is 273 g/mol. The van der Waals surface area contributed by atoms with Crippen molar-refractivity contribution in [2.24, 2.45) is 11.8 Å². The van der Waals surface area contributed by atoms with E-state index in [1.807, 2.05) is 6.07 Å². The molecule has 3 unspecified atom stereocenters. The molecule has 3 atom stereocenters. The van der Waals surface area contributed by atoms with E-state index >= 15 is 0 Å². The van der Waals surface area contributed by atoms with Crippen LogP contribution in [-0.2, 0) is 0 Å². The highest BCUT2D eigenvalue weighted by Gasteiger charge is 2.29.